The Morgan fingerprint density at radius 1 is 1.24 bits per heavy atom. The number of benzene rings is 2. The summed E-state index contributed by atoms with van der Waals surface area (Å²) in [5, 5.41) is 22.9. The number of nitro benzene ring substituents is 1. The van der Waals surface area contributed by atoms with Gasteiger partial charge in [0.05, 0.1) is 11.0 Å². The van der Waals surface area contributed by atoms with Crippen molar-refractivity contribution in [3.05, 3.63) is 69.8 Å². The second kappa shape index (κ2) is 6.04. The molecule has 1 unspecified atom stereocenters. The van der Waals surface area contributed by atoms with Crippen LogP contribution in [0.4, 0.5) is 5.69 Å². The van der Waals surface area contributed by atoms with Crippen LogP contribution in [0, 0.1) is 10.1 Å². The molecule has 0 radical (unpaired) electrons. The molecule has 0 aromatic heterocycles. The summed E-state index contributed by atoms with van der Waals surface area (Å²) in [7, 11) is 0. The number of rotatable bonds is 4. The van der Waals surface area contributed by atoms with Crippen LogP contribution in [0.3, 0.4) is 0 Å². The molecule has 2 aromatic carbocycles. The predicted molar refractivity (Wildman–Crippen MR) is 77.1 cm³/mol. The van der Waals surface area contributed by atoms with E-state index in [1.165, 1.54) is 6.07 Å². The van der Waals surface area contributed by atoms with Gasteiger partial charge in [-0.05, 0) is 24.6 Å². The van der Waals surface area contributed by atoms with Crippen molar-refractivity contribution in [3.8, 4) is 5.75 Å². The van der Waals surface area contributed by atoms with E-state index in [1.807, 2.05) is 37.3 Å². The average Bonchev–Trinajstić information content (AvgIpc) is 2.47. The van der Waals surface area contributed by atoms with E-state index in [-0.39, 0.29) is 11.6 Å². The van der Waals surface area contributed by atoms with Gasteiger partial charge in [0, 0.05) is 11.6 Å². The number of carbonyl (C=O) groups is 1. The Labute approximate surface area is 121 Å². The molecule has 1 atom stereocenters. The molecule has 6 heteroatoms. The summed E-state index contributed by atoms with van der Waals surface area (Å²) in [6.45, 7) is 1.83. The van der Waals surface area contributed by atoms with Gasteiger partial charge in [-0.1, -0.05) is 30.3 Å². The Hall–Kier alpha value is -2.89. The third-order valence-electron chi connectivity index (χ3n) is 3.08. The predicted octanol–water partition coefficient (Wildman–Crippen LogP) is 2.79. The zero-order valence-corrected chi connectivity index (χ0v) is 11.3. The number of nitrogens with zero attached hydrogens (tertiary/aromatic N) is 1. The summed E-state index contributed by atoms with van der Waals surface area (Å²) in [6.07, 6.45) is 0. The Kier molecular flexibility index (Phi) is 4.18. The summed E-state index contributed by atoms with van der Waals surface area (Å²) in [5.41, 5.74) is 0.681. The van der Waals surface area contributed by atoms with Crippen molar-refractivity contribution >= 4 is 11.6 Å². The van der Waals surface area contributed by atoms with Crippen molar-refractivity contribution in [2.24, 2.45) is 0 Å². The SMILES string of the molecule is CC(NC(=O)c1ccc([N+](=O)[O-])c(O)c1)c1ccccc1. The maximum Gasteiger partial charge on any atom is 0.310 e. The highest BCUT2D eigenvalue weighted by Gasteiger charge is 2.17. The van der Waals surface area contributed by atoms with E-state index < -0.39 is 22.3 Å². The van der Waals surface area contributed by atoms with Gasteiger partial charge in [-0.3, -0.25) is 14.9 Å². The highest BCUT2D eigenvalue weighted by molar-refractivity contribution is 5.95. The molecule has 0 saturated heterocycles. The van der Waals surface area contributed by atoms with Crippen LogP contribution in [0.25, 0.3) is 0 Å². The first-order valence-corrected chi connectivity index (χ1v) is 6.32. The van der Waals surface area contributed by atoms with Gasteiger partial charge in [0.1, 0.15) is 0 Å². The van der Waals surface area contributed by atoms with Gasteiger partial charge in [0.2, 0.25) is 0 Å². The van der Waals surface area contributed by atoms with Crippen molar-refractivity contribution in [1.82, 2.24) is 5.32 Å². The van der Waals surface area contributed by atoms with Gasteiger partial charge in [0.15, 0.2) is 5.75 Å². The van der Waals surface area contributed by atoms with Crippen LogP contribution in [0.15, 0.2) is 48.5 Å². The second-order valence-electron chi connectivity index (χ2n) is 4.57. The first-order valence-electron chi connectivity index (χ1n) is 6.32. The summed E-state index contributed by atoms with van der Waals surface area (Å²) in [5.74, 6) is -0.934. The molecule has 6 nitrogen and oxygen atoms in total. The number of aromatic hydroxyl groups is 1. The summed E-state index contributed by atoms with van der Waals surface area (Å²) in [4.78, 5) is 22.0. The highest BCUT2D eigenvalue weighted by Crippen LogP contribution is 2.26. The van der Waals surface area contributed by atoms with E-state index in [0.29, 0.717) is 0 Å². The maximum atomic E-state index is 12.1. The first-order chi connectivity index (χ1) is 9.99. The minimum atomic E-state index is -0.705. The summed E-state index contributed by atoms with van der Waals surface area (Å²) in [6, 6.07) is 12.7. The van der Waals surface area contributed by atoms with Gasteiger partial charge in [0.25, 0.3) is 5.91 Å². The molecule has 0 bridgehead atoms. The zero-order valence-electron chi connectivity index (χ0n) is 11.3. The van der Waals surface area contributed by atoms with E-state index in [1.54, 1.807) is 0 Å². The molecule has 21 heavy (non-hydrogen) atoms. The lowest BCUT2D eigenvalue weighted by Gasteiger charge is -2.14. The maximum absolute atomic E-state index is 12.1. The summed E-state index contributed by atoms with van der Waals surface area (Å²) >= 11 is 0. The second-order valence-corrected chi connectivity index (χ2v) is 4.57. The number of hydrogen-bond acceptors (Lipinski definition) is 4. The molecule has 2 aromatic rings. The van der Waals surface area contributed by atoms with Crippen LogP contribution in [0.2, 0.25) is 0 Å². The normalized spacial score (nSPS) is 11.7. The van der Waals surface area contributed by atoms with E-state index in [0.717, 1.165) is 17.7 Å². The molecular weight excluding hydrogens is 272 g/mol. The number of phenols is 1. The van der Waals surface area contributed by atoms with Crippen molar-refractivity contribution < 1.29 is 14.8 Å². The van der Waals surface area contributed by atoms with E-state index in [9.17, 15) is 20.0 Å². The van der Waals surface area contributed by atoms with E-state index >= 15 is 0 Å². The van der Waals surface area contributed by atoms with Crippen LogP contribution in [0.5, 0.6) is 5.75 Å². The third kappa shape index (κ3) is 3.36. The fourth-order valence-corrected chi connectivity index (χ4v) is 1.92. The summed E-state index contributed by atoms with van der Waals surface area (Å²) < 4.78 is 0. The Morgan fingerprint density at radius 3 is 2.48 bits per heavy atom. The number of nitro groups is 1. The topological polar surface area (TPSA) is 92.5 Å². The average molecular weight is 286 g/mol. The van der Waals surface area contributed by atoms with Crippen LogP contribution in [0.1, 0.15) is 28.9 Å². The number of hydrogen-bond donors (Lipinski definition) is 2. The number of carbonyl (C=O) groups excluding carboxylic acids is 1. The van der Waals surface area contributed by atoms with Gasteiger partial charge < -0.3 is 10.4 Å². The van der Waals surface area contributed by atoms with Gasteiger partial charge in [-0.15, -0.1) is 0 Å². The molecule has 2 rings (SSSR count). The van der Waals surface area contributed by atoms with Gasteiger partial charge in [-0.2, -0.15) is 0 Å². The van der Waals surface area contributed by atoms with Crippen LogP contribution in [-0.2, 0) is 0 Å². The van der Waals surface area contributed by atoms with Crippen molar-refractivity contribution in [1.29, 1.82) is 0 Å². The Bertz CT molecular complexity index is 671. The smallest absolute Gasteiger partial charge is 0.310 e. The van der Waals surface area contributed by atoms with Crippen LogP contribution in [-0.4, -0.2) is 15.9 Å². The monoisotopic (exact) mass is 286 g/mol. The molecule has 0 aliphatic carbocycles. The molecule has 0 aliphatic rings. The molecule has 0 aliphatic heterocycles. The fourth-order valence-electron chi connectivity index (χ4n) is 1.92. The van der Waals surface area contributed by atoms with Crippen LogP contribution >= 0.6 is 0 Å². The van der Waals surface area contributed by atoms with Crippen LogP contribution < -0.4 is 5.32 Å². The van der Waals surface area contributed by atoms with Gasteiger partial charge >= 0.3 is 5.69 Å². The highest BCUT2D eigenvalue weighted by atomic mass is 16.6. The largest absolute Gasteiger partial charge is 0.502 e. The lowest BCUT2D eigenvalue weighted by atomic mass is 10.1. The molecular formula is C15H14N2O4. The fraction of sp³-hybridized carbons (Fsp3) is 0.133. The molecule has 0 saturated carbocycles. The molecule has 108 valence electrons. The van der Waals surface area contributed by atoms with E-state index in [4.69, 9.17) is 0 Å². The van der Waals surface area contributed by atoms with Gasteiger partial charge in [-0.25, -0.2) is 0 Å². The molecule has 0 spiro atoms. The first kappa shape index (κ1) is 14.5. The number of phenolic OH excluding ortho intramolecular Hbond substituents is 1. The number of nitrogens with one attached hydrogen (secondary N) is 1. The third-order valence-corrected chi connectivity index (χ3v) is 3.08. The molecule has 0 heterocycles. The Balaban J connectivity index is 2.14. The molecule has 0 fully saturated rings. The number of amides is 1. The standard InChI is InChI=1S/C15H14N2O4/c1-10(11-5-3-2-4-6-11)16-15(19)12-7-8-13(17(20)21)14(18)9-12/h2-10,18H,1H3,(H,16,19). The van der Waals surface area contributed by atoms with Crippen molar-refractivity contribution in [2.45, 2.75) is 13.0 Å². The lowest BCUT2D eigenvalue weighted by molar-refractivity contribution is -0.385. The van der Waals surface area contributed by atoms with Crippen molar-refractivity contribution in [3.63, 3.8) is 0 Å². The minimum Gasteiger partial charge on any atom is -0.502 e. The Morgan fingerprint density at radius 2 is 1.90 bits per heavy atom. The molecule has 2 N–H and O–H groups in total. The lowest BCUT2D eigenvalue weighted by Crippen LogP contribution is -2.26. The zero-order chi connectivity index (χ0) is 15.4. The molecule has 1 amide bonds. The minimum absolute atomic E-state index is 0.167. The van der Waals surface area contributed by atoms with Crippen molar-refractivity contribution in [2.75, 3.05) is 0 Å². The van der Waals surface area contributed by atoms with E-state index in [2.05, 4.69) is 5.32 Å². The quantitative estimate of drug-likeness (QED) is 0.667.